The van der Waals surface area contributed by atoms with E-state index in [1.807, 2.05) is 6.92 Å². The molecule has 0 aromatic heterocycles. The molecule has 0 aliphatic heterocycles. The summed E-state index contributed by atoms with van der Waals surface area (Å²) in [6, 6.07) is 14.4. The maximum atomic E-state index is 12.5. The smallest absolute Gasteiger partial charge is 0.242 e. The minimum absolute atomic E-state index is 0.222. The van der Waals surface area contributed by atoms with Gasteiger partial charge in [-0.25, -0.2) is 0 Å². The lowest BCUT2D eigenvalue weighted by atomic mass is 9.98. The first-order valence-corrected chi connectivity index (χ1v) is 8.25. The molecule has 136 valence electrons. The van der Waals surface area contributed by atoms with Crippen LogP contribution in [0.15, 0.2) is 42.5 Å². The first-order valence-electron chi connectivity index (χ1n) is 8.25. The van der Waals surface area contributed by atoms with Crippen LogP contribution < -0.4 is 19.5 Å². The van der Waals surface area contributed by atoms with Crippen molar-refractivity contribution in [1.82, 2.24) is 0 Å². The molecular weight excluding hydrogens is 332 g/mol. The van der Waals surface area contributed by atoms with Crippen molar-refractivity contribution in [3.63, 3.8) is 0 Å². The van der Waals surface area contributed by atoms with Gasteiger partial charge in [-0.3, -0.25) is 4.79 Å². The predicted octanol–water partition coefficient (Wildman–Crippen LogP) is 3.42. The average Bonchev–Trinajstić information content (AvgIpc) is 2.67. The molecule has 0 aliphatic rings. The molecule has 1 atom stereocenters. The second-order valence-electron chi connectivity index (χ2n) is 5.51. The summed E-state index contributed by atoms with van der Waals surface area (Å²) >= 11 is 0. The number of carbonyl (C=O) groups is 1. The Morgan fingerprint density at radius 3 is 2.38 bits per heavy atom. The predicted molar refractivity (Wildman–Crippen MR) is 98.6 cm³/mol. The fraction of sp³-hybridized carbons (Fsp3) is 0.300. The second-order valence-corrected chi connectivity index (χ2v) is 5.51. The summed E-state index contributed by atoms with van der Waals surface area (Å²) in [7, 11) is 3.11. The van der Waals surface area contributed by atoms with E-state index in [1.165, 1.54) is 0 Å². The van der Waals surface area contributed by atoms with E-state index in [-0.39, 0.29) is 12.3 Å². The Labute approximate surface area is 153 Å². The zero-order valence-corrected chi connectivity index (χ0v) is 15.1. The van der Waals surface area contributed by atoms with Crippen molar-refractivity contribution < 1.29 is 19.0 Å². The van der Waals surface area contributed by atoms with E-state index in [1.54, 1.807) is 56.7 Å². The van der Waals surface area contributed by atoms with Crippen LogP contribution in [0, 0.1) is 17.2 Å². The summed E-state index contributed by atoms with van der Waals surface area (Å²) < 4.78 is 15.9. The highest BCUT2D eigenvalue weighted by Gasteiger charge is 2.21. The molecule has 0 unspecified atom stereocenters. The molecule has 1 N–H and O–H groups in total. The number of hydrogen-bond acceptors (Lipinski definition) is 5. The molecule has 2 rings (SSSR count). The lowest BCUT2D eigenvalue weighted by Crippen LogP contribution is -2.23. The number of anilines is 1. The van der Waals surface area contributed by atoms with Crippen LogP contribution in [0.1, 0.15) is 12.5 Å². The number of benzene rings is 2. The second kappa shape index (κ2) is 9.33. The molecule has 6 heteroatoms. The summed E-state index contributed by atoms with van der Waals surface area (Å²) in [4.78, 5) is 12.5. The maximum absolute atomic E-state index is 12.5. The van der Waals surface area contributed by atoms with Gasteiger partial charge in [0.2, 0.25) is 5.91 Å². The van der Waals surface area contributed by atoms with Gasteiger partial charge in [-0.15, -0.1) is 0 Å². The first-order chi connectivity index (χ1) is 12.6. The van der Waals surface area contributed by atoms with Crippen molar-refractivity contribution >= 4 is 11.6 Å². The number of methoxy groups -OCH3 is 2. The summed E-state index contributed by atoms with van der Waals surface area (Å²) in [5, 5.41) is 12.2. The van der Waals surface area contributed by atoms with Gasteiger partial charge in [-0.2, -0.15) is 5.26 Å². The van der Waals surface area contributed by atoms with Gasteiger partial charge in [0.05, 0.1) is 26.9 Å². The summed E-state index contributed by atoms with van der Waals surface area (Å²) in [5.41, 5.74) is 1.34. The topological polar surface area (TPSA) is 80.6 Å². The van der Waals surface area contributed by atoms with E-state index in [0.29, 0.717) is 23.8 Å². The fourth-order valence-corrected chi connectivity index (χ4v) is 2.49. The van der Waals surface area contributed by atoms with Crippen LogP contribution in [0.25, 0.3) is 0 Å². The van der Waals surface area contributed by atoms with Crippen LogP contribution in [0.3, 0.4) is 0 Å². The Kier molecular flexibility index (Phi) is 6.86. The molecule has 0 radical (unpaired) electrons. The van der Waals surface area contributed by atoms with Crippen LogP contribution >= 0.6 is 0 Å². The number of nitriles is 1. The van der Waals surface area contributed by atoms with Gasteiger partial charge in [0.25, 0.3) is 0 Å². The maximum Gasteiger partial charge on any atom is 0.242 e. The van der Waals surface area contributed by atoms with E-state index < -0.39 is 5.92 Å². The van der Waals surface area contributed by atoms with E-state index in [4.69, 9.17) is 14.2 Å². The molecule has 0 aliphatic carbocycles. The first kappa shape index (κ1) is 19.1. The van der Waals surface area contributed by atoms with Crippen LogP contribution in [-0.2, 0) is 11.2 Å². The fourth-order valence-electron chi connectivity index (χ4n) is 2.49. The molecule has 0 fully saturated rings. The monoisotopic (exact) mass is 354 g/mol. The highest BCUT2D eigenvalue weighted by atomic mass is 16.5. The van der Waals surface area contributed by atoms with Crippen molar-refractivity contribution in [3.8, 4) is 23.3 Å². The lowest BCUT2D eigenvalue weighted by Gasteiger charge is -2.14. The van der Waals surface area contributed by atoms with Crippen molar-refractivity contribution in [2.75, 3.05) is 26.1 Å². The molecule has 26 heavy (non-hydrogen) atoms. The minimum Gasteiger partial charge on any atom is -0.497 e. The SMILES string of the molecule is CCOc1ccc(NC(=O)[C@H](C#N)Cc2cc(OC)ccc2OC)cc1. The summed E-state index contributed by atoms with van der Waals surface area (Å²) in [5.74, 6) is 0.747. The Morgan fingerprint density at radius 2 is 1.81 bits per heavy atom. The summed E-state index contributed by atoms with van der Waals surface area (Å²) in [6.45, 7) is 2.48. The van der Waals surface area contributed by atoms with Crippen molar-refractivity contribution in [1.29, 1.82) is 5.26 Å². The Morgan fingerprint density at radius 1 is 1.12 bits per heavy atom. The third-order valence-electron chi connectivity index (χ3n) is 3.82. The molecule has 0 bridgehead atoms. The quantitative estimate of drug-likeness (QED) is 0.785. The molecule has 2 aromatic rings. The van der Waals surface area contributed by atoms with Crippen molar-refractivity contribution in [2.24, 2.45) is 5.92 Å². The number of nitrogens with zero attached hydrogens (tertiary/aromatic N) is 1. The summed E-state index contributed by atoms with van der Waals surface area (Å²) in [6.07, 6.45) is 0.222. The zero-order chi connectivity index (χ0) is 18.9. The number of rotatable bonds is 8. The van der Waals surface area contributed by atoms with E-state index in [0.717, 1.165) is 11.3 Å². The Hall–Kier alpha value is -3.20. The lowest BCUT2D eigenvalue weighted by molar-refractivity contribution is -0.118. The molecule has 0 spiro atoms. The van der Waals surface area contributed by atoms with E-state index in [9.17, 15) is 10.1 Å². The van der Waals surface area contributed by atoms with Crippen LogP contribution in [0.4, 0.5) is 5.69 Å². The number of nitrogens with one attached hydrogen (secondary N) is 1. The third kappa shape index (κ3) is 4.90. The number of ether oxygens (including phenoxy) is 3. The van der Waals surface area contributed by atoms with Gasteiger partial charge in [-0.1, -0.05) is 0 Å². The molecule has 0 heterocycles. The molecule has 0 saturated carbocycles. The number of carbonyl (C=O) groups excluding carboxylic acids is 1. The molecule has 0 saturated heterocycles. The Balaban J connectivity index is 2.10. The third-order valence-corrected chi connectivity index (χ3v) is 3.82. The van der Waals surface area contributed by atoms with Crippen LogP contribution in [-0.4, -0.2) is 26.7 Å². The van der Waals surface area contributed by atoms with Crippen molar-refractivity contribution in [3.05, 3.63) is 48.0 Å². The number of amides is 1. The standard InChI is InChI=1S/C20H22N2O4/c1-4-26-17-7-5-16(6-8-17)22-20(23)15(13-21)11-14-12-18(24-2)9-10-19(14)25-3/h5-10,12,15H,4,11H2,1-3H3,(H,22,23)/t15-/m0/s1. The normalized spacial score (nSPS) is 11.2. The molecule has 1 amide bonds. The van der Waals surface area contributed by atoms with Crippen molar-refractivity contribution in [2.45, 2.75) is 13.3 Å². The van der Waals surface area contributed by atoms with Gasteiger partial charge in [-0.05, 0) is 55.0 Å². The largest absolute Gasteiger partial charge is 0.497 e. The van der Waals surface area contributed by atoms with Crippen LogP contribution in [0.2, 0.25) is 0 Å². The van der Waals surface area contributed by atoms with Gasteiger partial charge < -0.3 is 19.5 Å². The molecule has 2 aromatic carbocycles. The van der Waals surface area contributed by atoms with E-state index >= 15 is 0 Å². The highest BCUT2D eigenvalue weighted by molar-refractivity contribution is 5.94. The molecule has 6 nitrogen and oxygen atoms in total. The Bertz CT molecular complexity index is 781. The zero-order valence-electron chi connectivity index (χ0n) is 15.1. The van der Waals surface area contributed by atoms with Gasteiger partial charge in [0, 0.05) is 12.1 Å². The van der Waals surface area contributed by atoms with E-state index in [2.05, 4.69) is 11.4 Å². The van der Waals surface area contributed by atoms with Gasteiger partial charge in [0.15, 0.2) is 0 Å². The van der Waals surface area contributed by atoms with Gasteiger partial charge >= 0.3 is 0 Å². The van der Waals surface area contributed by atoms with Crippen LogP contribution in [0.5, 0.6) is 17.2 Å². The average molecular weight is 354 g/mol. The number of hydrogen-bond donors (Lipinski definition) is 1. The highest BCUT2D eigenvalue weighted by Crippen LogP contribution is 2.27. The van der Waals surface area contributed by atoms with Gasteiger partial charge in [0.1, 0.15) is 23.2 Å². The minimum atomic E-state index is -0.859. The molecular formula is C20H22N2O4.